The van der Waals surface area contributed by atoms with E-state index in [1.54, 1.807) is 0 Å². The summed E-state index contributed by atoms with van der Waals surface area (Å²) in [5.41, 5.74) is 6.53. The largest absolute Gasteiger partial charge is 0.490 e. The fourth-order valence-electron chi connectivity index (χ4n) is 3.47. The van der Waals surface area contributed by atoms with Crippen LogP contribution in [0.2, 0.25) is 0 Å². The van der Waals surface area contributed by atoms with Crippen molar-refractivity contribution < 1.29 is 18.1 Å². The van der Waals surface area contributed by atoms with Crippen LogP contribution in [0.4, 0.5) is 5.69 Å². The molecule has 0 aliphatic carbocycles. The third kappa shape index (κ3) is 4.12. The molecule has 0 spiro atoms. The van der Waals surface area contributed by atoms with Crippen LogP contribution in [0, 0.1) is 16.0 Å². The second-order valence-corrected chi connectivity index (χ2v) is 8.36. The molecule has 0 bridgehead atoms. The van der Waals surface area contributed by atoms with Gasteiger partial charge in [0.2, 0.25) is 10.0 Å². The van der Waals surface area contributed by atoms with Crippen molar-refractivity contribution in [2.24, 2.45) is 11.7 Å². The number of nitro benzene ring substituents is 1. The van der Waals surface area contributed by atoms with Gasteiger partial charge in [0.15, 0.2) is 5.75 Å². The Bertz CT molecular complexity index is 939. The van der Waals surface area contributed by atoms with E-state index in [9.17, 15) is 18.5 Å². The zero-order valence-corrected chi connectivity index (χ0v) is 16.9. The number of ether oxygens (including phenoxy) is 1. The van der Waals surface area contributed by atoms with Gasteiger partial charge in [-0.05, 0) is 30.2 Å². The van der Waals surface area contributed by atoms with E-state index in [1.165, 1.54) is 23.5 Å². The Morgan fingerprint density at radius 2 is 1.89 bits per heavy atom. The summed E-state index contributed by atoms with van der Waals surface area (Å²) in [7, 11) is -2.59. The summed E-state index contributed by atoms with van der Waals surface area (Å²) >= 11 is 0. The van der Waals surface area contributed by atoms with Gasteiger partial charge in [-0.15, -0.1) is 12.4 Å². The van der Waals surface area contributed by atoms with Crippen LogP contribution in [0.1, 0.15) is 11.5 Å². The summed E-state index contributed by atoms with van der Waals surface area (Å²) in [6.45, 7) is 0.917. The van der Waals surface area contributed by atoms with Crippen molar-refractivity contribution in [3.63, 3.8) is 0 Å². The molecule has 152 valence electrons. The maximum absolute atomic E-state index is 13.1. The summed E-state index contributed by atoms with van der Waals surface area (Å²) in [4.78, 5) is 10.4. The van der Waals surface area contributed by atoms with Gasteiger partial charge in [-0.1, -0.05) is 30.3 Å². The van der Waals surface area contributed by atoms with Crippen molar-refractivity contribution in [1.29, 1.82) is 0 Å². The fourth-order valence-corrected chi connectivity index (χ4v) is 5.01. The summed E-state index contributed by atoms with van der Waals surface area (Å²) < 4.78 is 32.4. The zero-order chi connectivity index (χ0) is 19.6. The van der Waals surface area contributed by atoms with Crippen LogP contribution in [-0.2, 0) is 10.0 Å². The van der Waals surface area contributed by atoms with Crippen LogP contribution < -0.4 is 10.5 Å². The Morgan fingerprint density at radius 1 is 1.21 bits per heavy atom. The van der Waals surface area contributed by atoms with Crippen LogP contribution in [0.15, 0.2) is 53.4 Å². The van der Waals surface area contributed by atoms with Crippen molar-refractivity contribution in [3.05, 3.63) is 64.2 Å². The molecule has 10 heteroatoms. The van der Waals surface area contributed by atoms with E-state index in [2.05, 4.69) is 0 Å². The Morgan fingerprint density at radius 3 is 2.46 bits per heavy atom. The molecule has 3 rings (SSSR count). The number of nitro groups is 1. The van der Waals surface area contributed by atoms with Crippen molar-refractivity contribution >= 4 is 28.1 Å². The summed E-state index contributed by atoms with van der Waals surface area (Å²) in [5, 5.41) is 11.2. The van der Waals surface area contributed by atoms with E-state index in [0.29, 0.717) is 6.54 Å². The average Bonchev–Trinajstić information content (AvgIpc) is 3.13. The molecule has 0 unspecified atom stereocenters. The number of hydrogen-bond acceptors (Lipinski definition) is 6. The lowest BCUT2D eigenvalue weighted by Gasteiger charge is -2.17. The standard InChI is InChI=1S/C18H21N3O5S.ClH/c1-26-18-8-7-15(9-17(18)21(22)23)27(24,25)20-11-14(10-19)16(12-20)13-5-3-2-4-6-13;/h2-9,14,16H,10-12,19H2,1H3;1H/t14-,16+;/m1./s1. The molecule has 0 amide bonds. The van der Waals surface area contributed by atoms with Crippen molar-refractivity contribution in [1.82, 2.24) is 4.31 Å². The first kappa shape index (κ1) is 22.1. The number of halogens is 1. The monoisotopic (exact) mass is 427 g/mol. The number of hydrogen-bond donors (Lipinski definition) is 1. The van der Waals surface area contributed by atoms with Crippen LogP contribution >= 0.6 is 12.4 Å². The van der Waals surface area contributed by atoms with Gasteiger partial charge in [0.1, 0.15) is 0 Å². The SMILES string of the molecule is COc1ccc(S(=O)(=O)N2C[C@@H](CN)[C@H](c3ccccc3)C2)cc1[N+](=O)[O-].Cl. The maximum Gasteiger partial charge on any atom is 0.312 e. The smallest absolute Gasteiger partial charge is 0.312 e. The second kappa shape index (κ2) is 8.87. The Hall–Kier alpha value is -2.20. The minimum Gasteiger partial charge on any atom is -0.490 e. The van der Waals surface area contributed by atoms with E-state index in [0.717, 1.165) is 11.6 Å². The number of rotatable bonds is 6. The third-order valence-electron chi connectivity index (χ3n) is 4.92. The highest BCUT2D eigenvalue weighted by molar-refractivity contribution is 7.89. The number of nitrogens with two attached hydrogens (primary N) is 1. The lowest BCUT2D eigenvalue weighted by atomic mass is 9.89. The molecule has 2 aromatic carbocycles. The molecule has 2 aromatic rings. The van der Waals surface area contributed by atoms with Crippen molar-refractivity contribution in [2.75, 3.05) is 26.7 Å². The maximum atomic E-state index is 13.1. The highest BCUT2D eigenvalue weighted by atomic mass is 35.5. The molecule has 0 aromatic heterocycles. The van der Waals surface area contributed by atoms with E-state index < -0.39 is 14.9 Å². The summed E-state index contributed by atoms with van der Waals surface area (Å²) in [6, 6.07) is 13.3. The lowest BCUT2D eigenvalue weighted by Crippen LogP contribution is -2.30. The molecule has 0 radical (unpaired) electrons. The number of nitrogens with zero attached hydrogens (tertiary/aromatic N) is 2. The van der Waals surface area contributed by atoms with Gasteiger partial charge < -0.3 is 10.5 Å². The fraction of sp³-hybridized carbons (Fsp3) is 0.333. The van der Waals surface area contributed by atoms with Crippen LogP contribution in [-0.4, -0.2) is 44.4 Å². The van der Waals surface area contributed by atoms with Crippen LogP contribution in [0.3, 0.4) is 0 Å². The van der Waals surface area contributed by atoms with Crippen LogP contribution in [0.25, 0.3) is 0 Å². The van der Waals surface area contributed by atoms with Gasteiger partial charge in [-0.25, -0.2) is 8.42 Å². The predicted molar refractivity (Wildman–Crippen MR) is 107 cm³/mol. The molecule has 8 nitrogen and oxygen atoms in total. The quantitative estimate of drug-likeness (QED) is 0.559. The molecular weight excluding hydrogens is 406 g/mol. The molecule has 2 atom stereocenters. The van der Waals surface area contributed by atoms with E-state index in [4.69, 9.17) is 10.5 Å². The second-order valence-electron chi connectivity index (χ2n) is 6.43. The predicted octanol–water partition coefficient (Wildman–Crippen LogP) is 2.39. The lowest BCUT2D eigenvalue weighted by molar-refractivity contribution is -0.386. The van der Waals surface area contributed by atoms with E-state index in [-0.39, 0.29) is 53.7 Å². The average molecular weight is 428 g/mol. The van der Waals surface area contributed by atoms with Gasteiger partial charge in [0.25, 0.3) is 0 Å². The van der Waals surface area contributed by atoms with Gasteiger partial charge in [-0.3, -0.25) is 10.1 Å². The van der Waals surface area contributed by atoms with Gasteiger partial charge in [-0.2, -0.15) is 4.31 Å². The van der Waals surface area contributed by atoms with E-state index >= 15 is 0 Å². The Kier molecular flexibility index (Phi) is 7.00. The van der Waals surface area contributed by atoms with Gasteiger partial charge >= 0.3 is 5.69 Å². The van der Waals surface area contributed by atoms with Gasteiger partial charge in [0, 0.05) is 25.1 Å². The van der Waals surface area contributed by atoms with E-state index in [1.807, 2.05) is 30.3 Å². The first-order chi connectivity index (χ1) is 12.9. The molecular formula is C18H22ClN3O5S. The molecule has 28 heavy (non-hydrogen) atoms. The van der Waals surface area contributed by atoms with Crippen molar-refractivity contribution in [3.8, 4) is 5.75 Å². The molecule has 0 saturated carbocycles. The molecule has 1 aliphatic heterocycles. The van der Waals surface area contributed by atoms with Crippen LogP contribution in [0.5, 0.6) is 5.75 Å². The first-order valence-electron chi connectivity index (χ1n) is 8.46. The molecule has 1 heterocycles. The highest BCUT2D eigenvalue weighted by Crippen LogP contribution is 2.37. The third-order valence-corrected chi connectivity index (χ3v) is 6.75. The number of sulfonamides is 1. The van der Waals surface area contributed by atoms with Crippen molar-refractivity contribution in [2.45, 2.75) is 10.8 Å². The summed E-state index contributed by atoms with van der Waals surface area (Å²) in [5.74, 6) is -0.0167. The summed E-state index contributed by atoms with van der Waals surface area (Å²) in [6.07, 6.45) is 0. The molecule has 1 fully saturated rings. The molecule has 1 aliphatic rings. The normalized spacial score (nSPS) is 19.8. The van der Waals surface area contributed by atoms with Gasteiger partial charge in [0.05, 0.1) is 16.9 Å². The Labute approximate surface area is 169 Å². The first-order valence-corrected chi connectivity index (χ1v) is 9.90. The number of methoxy groups -OCH3 is 1. The molecule has 2 N–H and O–H groups in total. The minimum absolute atomic E-state index is 0. The number of benzene rings is 2. The zero-order valence-electron chi connectivity index (χ0n) is 15.2. The topological polar surface area (TPSA) is 116 Å². The minimum atomic E-state index is -3.89. The Balaban J connectivity index is 0.00000280. The molecule has 1 saturated heterocycles. The highest BCUT2D eigenvalue weighted by Gasteiger charge is 2.39.